The van der Waals surface area contributed by atoms with Gasteiger partial charge >= 0.3 is 0 Å². The third-order valence-corrected chi connectivity index (χ3v) is 4.63. The normalized spacial score (nSPS) is 20.4. The minimum Gasteiger partial charge on any atom is -0.491 e. The Kier molecular flexibility index (Phi) is 4.32. The first-order chi connectivity index (χ1) is 11.8. The third-order valence-electron chi connectivity index (χ3n) is 4.63. The van der Waals surface area contributed by atoms with Gasteiger partial charge in [-0.25, -0.2) is 9.97 Å². The average molecular weight is 327 g/mol. The summed E-state index contributed by atoms with van der Waals surface area (Å²) >= 11 is 0. The van der Waals surface area contributed by atoms with Gasteiger partial charge in [0.05, 0.1) is 25.5 Å². The van der Waals surface area contributed by atoms with Crippen LogP contribution < -0.4 is 9.64 Å². The fourth-order valence-corrected chi connectivity index (χ4v) is 3.27. The monoisotopic (exact) mass is 327 g/mol. The summed E-state index contributed by atoms with van der Waals surface area (Å²) in [5, 5.41) is 9.36. The maximum absolute atomic E-state index is 9.36. The summed E-state index contributed by atoms with van der Waals surface area (Å²) in [6.45, 7) is 3.66. The van der Waals surface area contributed by atoms with Crippen molar-refractivity contribution in [2.45, 2.75) is 25.5 Å². The molecule has 4 rings (SSSR count). The van der Waals surface area contributed by atoms with Crippen LogP contribution in [0.15, 0.2) is 30.6 Å². The molecule has 3 heterocycles. The van der Waals surface area contributed by atoms with Crippen LogP contribution in [0, 0.1) is 0 Å². The summed E-state index contributed by atoms with van der Waals surface area (Å²) in [5.41, 5.74) is 3.01. The van der Waals surface area contributed by atoms with Gasteiger partial charge in [0.15, 0.2) is 0 Å². The highest BCUT2D eigenvalue weighted by molar-refractivity contribution is 5.46. The lowest BCUT2D eigenvalue weighted by molar-refractivity contribution is 0.193. The molecule has 1 atom stereocenters. The Balaban J connectivity index is 1.60. The molecule has 6 heteroatoms. The molecule has 1 aromatic carbocycles. The van der Waals surface area contributed by atoms with Crippen molar-refractivity contribution in [2.24, 2.45) is 0 Å². The van der Waals surface area contributed by atoms with Crippen LogP contribution in [0.2, 0.25) is 0 Å². The minimum atomic E-state index is 0.0343. The van der Waals surface area contributed by atoms with Gasteiger partial charge in [-0.1, -0.05) is 6.07 Å². The summed E-state index contributed by atoms with van der Waals surface area (Å²) < 4.78 is 11.3. The van der Waals surface area contributed by atoms with Crippen molar-refractivity contribution in [1.82, 2.24) is 9.97 Å². The molecule has 0 radical (unpaired) electrons. The fraction of sp³-hybridized carbons (Fsp3) is 0.444. The summed E-state index contributed by atoms with van der Waals surface area (Å²) in [7, 11) is 0. The summed E-state index contributed by atoms with van der Waals surface area (Å²) in [6, 6.07) is 7.91. The molecule has 0 saturated carbocycles. The Morgan fingerprint density at radius 1 is 1.21 bits per heavy atom. The van der Waals surface area contributed by atoms with E-state index in [2.05, 4.69) is 20.9 Å². The number of aromatic nitrogens is 2. The lowest BCUT2D eigenvalue weighted by atomic mass is 10.0. The molecule has 2 aliphatic heterocycles. The van der Waals surface area contributed by atoms with Gasteiger partial charge < -0.3 is 19.5 Å². The first-order valence-electron chi connectivity index (χ1n) is 8.33. The van der Waals surface area contributed by atoms with Crippen LogP contribution in [0.1, 0.15) is 29.2 Å². The van der Waals surface area contributed by atoms with E-state index in [4.69, 9.17) is 9.47 Å². The second-order valence-electron chi connectivity index (χ2n) is 6.23. The molecule has 1 fully saturated rings. The number of fused-ring (bicyclic) bond motifs is 1. The molecule has 6 nitrogen and oxygen atoms in total. The number of ether oxygens (including phenoxy) is 2. The first-order valence-corrected chi connectivity index (χ1v) is 8.33. The van der Waals surface area contributed by atoms with E-state index in [1.54, 1.807) is 6.33 Å². The molecule has 24 heavy (non-hydrogen) atoms. The third kappa shape index (κ3) is 3.07. The minimum absolute atomic E-state index is 0.0343. The van der Waals surface area contributed by atoms with Crippen molar-refractivity contribution in [3.63, 3.8) is 0 Å². The van der Waals surface area contributed by atoms with Crippen molar-refractivity contribution in [1.29, 1.82) is 0 Å². The van der Waals surface area contributed by atoms with E-state index in [9.17, 15) is 5.11 Å². The molecular weight excluding hydrogens is 306 g/mol. The lowest BCUT2D eigenvalue weighted by Gasteiger charge is -2.22. The van der Waals surface area contributed by atoms with E-state index in [0.717, 1.165) is 54.6 Å². The average Bonchev–Trinajstić information content (AvgIpc) is 3.08. The van der Waals surface area contributed by atoms with Crippen LogP contribution in [-0.2, 0) is 17.9 Å². The van der Waals surface area contributed by atoms with Gasteiger partial charge in [-0.05, 0) is 24.1 Å². The molecule has 0 unspecified atom stereocenters. The number of aliphatic hydroxyl groups excluding tert-OH is 1. The summed E-state index contributed by atoms with van der Waals surface area (Å²) in [4.78, 5) is 11.1. The zero-order valence-corrected chi connectivity index (χ0v) is 13.5. The molecule has 0 spiro atoms. The Morgan fingerprint density at radius 2 is 2.17 bits per heavy atom. The van der Waals surface area contributed by atoms with E-state index in [1.807, 2.05) is 18.2 Å². The van der Waals surface area contributed by atoms with Gasteiger partial charge in [-0.2, -0.15) is 0 Å². The van der Waals surface area contributed by atoms with Gasteiger partial charge in [-0.15, -0.1) is 0 Å². The second kappa shape index (κ2) is 6.75. The largest absolute Gasteiger partial charge is 0.491 e. The number of hydrogen-bond donors (Lipinski definition) is 1. The fourth-order valence-electron chi connectivity index (χ4n) is 3.27. The number of hydrogen-bond acceptors (Lipinski definition) is 6. The van der Waals surface area contributed by atoms with Crippen molar-refractivity contribution < 1.29 is 14.6 Å². The highest BCUT2D eigenvalue weighted by atomic mass is 16.5. The van der Waals surface area contributed by atoms with Gasteiger partial charge in [0.2, 0.25) is 0 Å². The van der Waals surface area contributed by atoms with E-state index in [-0.39, 0.29) is 6.61 Å². The number of aliphatic hydroxyl groups is 1. The standard InChI is InChI=1S/C18H21N3O3/c22-10-13-1-2-17-15(7-13)9-21(4-6-24-17)18-8-16(19-12-20-18)14-3-5-23-11-14/h1-2,7-8,12,14,22H,3-6,9-11H2/t14-/m1/s1. The van der Waals surface area contributed by atoms with Crippen LogP contribution in [0.5, 0.6) is 5.75 Å². The van der Waals surface area contributed by atoms with E-state index in [1.165, 1.54) is 0 Å². The van der Waals surface area contributed by atoms with Gasteiger partial charge in [0.25, 0.3) is 0 Å². The Hall–Kier alpha value is -2.18. The number of rotatable bonds is 3. The van der Waals surface area contributed by atoms with E-state index >= 15 is 0 Å². The maximum Gasteiger partial charge on any atom is 0.132 e. The quantitative estimate of drug-likeness (QED) is 0.928. The molecule has 1 N–H and O–H groups in total. The number of benzene rings is 1. The van der Waals surface area contributed by atoms with Gasteiger partial charge in [0.1, 0.15) is 24.5 Å². The molecule has 0 aliphatic carbocycles. The van der Waals surface area contributed by atoms with E-state index in [0.29, 0.717) is 19.1 Å². The van der Waals surface area contributed by atoms with Crippen LogP contribution in [0.25, 0.3) is 0 Å². The molecule has 126 valence electrons. The highest BCUT2D eigenvalue weighted by Crippen LogP contribution is 2.29. The SMILES string of the molecule is OCc1ccc2c(c1)CN(c1cc([C@@H]3CCOC3)ncn1)CCO2. The second-order valence-corrected chi connectivity index (χ2v) is 6.23. The summed E-state index contributed by atoms with van der Waals surface area (Å²) in [5.74, 6) is 2.16. The van der Waals surface area contributed by atoms with Crippen molar-refractivity contribution in [2.75, 3.05) is 31.3 Å². The molecular formula is C18H21N3O3. The molecule has 1 aromatic heterocycles. The van der Waals surface area contributed by atoms with Crippen LogP contribution in [-0.4, -0.2) is 41.4 Å². The zero-order valence-electron chi connectivity index (χ0n) is 13.5. The number of anilines is 1. The van der Waals surface area contributed by atoms with Gasteiger partial charge in [0, 0.05) is 30.7 Å². The van der Waals surface area contributed by atoms with Crippen LogP contribution in [0.3, 0.4) is 0 Å². The molecule has 0 amide bonds. The molecule has 0 bridgehead atoms. The predicted molar refractivity (Wildman–Crippen MR) is 89.1 cm³/mol. The first kappa shape index (κ1) is 15.4. The molecule has 1 saturated heterocycles. The van der Waals surface area contributed by atoms with Crippen LogP contribution in [0.4, 0.5) is 5.82 Å². The van der Waals surface area contributed by atoms with Crippen molar-refractivity contribution >= 4 is 5.82 Å². The Labute approximate surface area is 141 Å². The zero-order chi connectivity index (χ0) is 16.4. The summed E-state index contributed by atoms with van der Waals surface area (Å²) in [6.07, 6.45) is 2.65. The predicted octanol–water partition coefficient (Wildman–Crippen LogP) is 1.87. The Morgan fingerprint density at radius 3 is 3.00 bits per heavy atom. The van der Waals surface area contributed by atoms with Crippen LogP contribution >= 0.6 is 0 Å². The van der Waals surface area contributed by atoms with Crippen molar-refractivity contribution in [3.8, 4) is 5.75 Å². The smallest absolute Gasteiger partial charge is 0.132 e. The van der Waals surface area contributed by atoms with Crippen molar-refractivity contribution in [3.05, 3.63) is 47.4 Å². The highest BCUT2D eigenvalue weighted by Gasteiger charge is 2.22. The lowest BCUT2D eigenvalue weighted by Crippen LogP contribution is -2.26. The number of nitrogens with zero attached hydrogens (tertiary/aromatic N) is 3. The maximum atomic E-state index is 9.36. The topological polar surface area (TPSA) is 67.7 Å². The van der Waals surface area contributed by atoms with E-state index < -0.39 is 0 Å². The van der Waals surface area contributed by atoms with Gasteiger partial charge in [-0.3, -0.25) is 0 Å². The molecule has 2 aliphatic rings. The molecule has 2 aromatic rings. The Bertz CT molecular complexity index is 716.